The van der Waals surface area contributed by atoms with Crippen molar-refractivity contribution in [3.8, 4) is 5.75 Å². The number of thiol groups is 1. The lowest BCUT2D eigenvalue weighted by atomic mass is 10.2. The van der Waals surface area contributed by atoms with Crippen molar-refractivity contribution in [2.24, 2.45) is 0 Å². The third-order valence-electron chi connectivity index (χ3n) is 1.58. The Morgan fingerprint density at radius 3 is 3.00 bits per heavy atom. The Morgan fingerprint density at radius 2 is 2.38 bits per heavy atom. The van der Waals surface area contributed by atoms with Crippen molar-refractivity contribution in [3.63, 3.8) is 0 Å². The Bertz CT molecular complexity index is 301. The van der Waals surface area contributed by atoms with Crippen molar-refractivity contribution in [2.45, 2.75) is 6.54 Å². The first-order valence-corrected chi connectivity index (χ1v) is 4.27. The zero-order valence-corrected chi connectivity index (χ0v) is 8.17. The van der Waals surface area contributed by atoms with Gasteiger partial charge in [0.2, 0.25) is 0 Å². The van der Waals surface area contributed by atoms with Crippen LogP contribution < -0.4 is 10.1 Å². The molecule has 4 heteroatoms. The Morgan fingerprint density at radius 1 is 1.62 bits per heavy atom. The molecule has 0 saturated heterocycles. The fourth-order valence-electron chi connectivity index (χ4n) is 0.960. The average Bonchev–Trinajstić information content (AvgIpc) is 2.15. The summed E-state index contributed by atoms with van der Waals surface area (Å²) >= 11 is 3.60. The van der Waals surface area contributed by atoms with Crippen molar-refractivity contribution in [1.29, 1.82) is 0 Å². The molecular formula is C9H11NO2S. The van der Waals surface area contributed by atoms with Gasteiger partial charge in [0.15, 0.2) is 0 Å². The molecule has 0 aliphatic heterocycles. The molecule has 0 bridgehead atoms. The third kappa shape index (κ3) is 3.38. The van der Waals surface area contributed by atoms with Crippen molar-refractivity contribution < 1.29 is 9.53 Å². The molecule has 0 spiro atoms. The second-order valence-electron chi connectivity index (χ2n) is 2.51. The molecule has 70 valence electrons. The van der Waals surface area contributed by atoms with Crippen molar-refractivity contribution in [3.05, 3.63) is 29.8 Å². The molecule has 0 unspecified atom stereocenters. The van der Waals surface area contributed by atoms with Gasteiger partial charge in [-0.3, -0.25) is 4.79 Å². The topological polar surface area (TPSA) is 38.3 Å². The smallest absolute Gasteiger partial charge is 0.276 e. The second-order valence-corrected chi connectivity index (χ2v) is 2.92. The Balaban J connectivity index is 2.61. The van der Waals surface area contributed by atoms with Crippen LogP contribution in [0.2, 0.25) is 0 Å². The highest BCUT2D eigenvalue weighted by Crippen LogP contribution is 2.11. The van der Waals surface area contributed by atoms with E-state index in [4.69, 9.17) is 4.74 Å². The van der Waals surface area contributed by atoms with Crippen LogP contribution in [0.5, 0.6) is 5.75 Å². The van der Waals surface area contributed by atoms with E-state index in [2.05, 4.69) is 17.9 Å². The number of rotatable bonds is 3. The summed E-state index contributed by atoms with van der Waals surface area (Å²) in [6, 6.07) is 7.50. The van der Waals surface area contributed by atoms with Gasteiger partial charge >= 0.3 is 0 Å². The SMILES string of the molecule is COc1cccc(CNC(=O)S)c1. The minimum Gasteiger partial charge on any atom is -0.497 e. The summed E-state index contributed by atoms with van der Waals surface area (Å²) in [5.41, 5.74) is 0.988. The molecule has 1 aromatic rings. The largest absolute Gasteiger partial charge is 0.497 e. The Kier molecular flexibility index (Phi) is 3.64. The monoisotopic (exact) mass is 197 g/mol. The molecule has 1 amide bonds. The van der Waals surface area contributed by atoms with Crippen LogP contribution in [-0.2, 0) is 6.54 Å². The first kappa shape index (κ1) is 9.92. The maximum absolute atomic E-state index is 10.5. The van der Waals surface area contributed by atoms with E-state index in [0.29, 0.717) is 6.54 Å². The maximum atomic E-state index is 10.5. The van der Waals surface area contributed by atoms with Crippen molar-refractivity contribution in [1.82, 2.24) is 5.32 Å². The number of amides is 1. The van der Waals surface area contributed by atoms with Gasteiger partial charge < -0.3 is 10.1 Å². The number of carbonyl (C=O) groups is 1. The predicted octanol–water partition coefficient (Wildman–Crippen LogP) is 1.83. The van der Waals surface area contributed by atoms with Gasteiger partial charge in [0.05, 0.1) is 7.11 Å². The second kappa shape index (κ2) is 4.77. The van der Waals surface area contributed by atoms with Crippen LogP contribution in [0.1, 0.15) is 5.56 Å². The van der Waals surface area contributed by atoms with Gasteiger partial charge in [-0.15, -0.1) is 0 Å². The van der Waals surface area contributed by atoms with Gasteiger partial charge in [-0.2, -0.15) is 0 Å². The van der Waals surface area contributed by atoms with Crippen molar-refractivity contribution >= 4 is 17.9 Å². The van der Waals surface area contributed by atoms with Gasteiger partial charge in [-0.1, -0.05) is 24.8 Å². The van der Waals surface area contributed by atoms with Gasteiger partial charge in [-0.25, -0.2) is 0 Å². The minimum absolute atomic E-state index is 0.331. The zero-order valence-electron chi connectivity index (χ0n) is 7.28. The number of nitrogens with one attached hydrogen (secondary N) is 1. The summed E-state index contributed by atoms with van der Waals surface area (Å²) < 4.78 is 5.03. The third-order valence-corrected chi connectivity index (χ3v) is 1.74. The molecule has 0 aliphatic rings. The van der Waals surface area contributed by atoms with Crippen LogP contribution in [0.25, 0.3) is 0 Å². The summed E-state index contributed by atoms with van der Waals surface area (Å²) in [6.07, 6.45) is 0. The summed E-state index contributed by atoms with van der Waals surface area (Å²) in [7, 11) is 1.61. The molecule has 13 heavy (non-hydrogen) atoms. The van der Waals surface area contributed by atoms with Crippen LogP contribution >= 0.6 is 12.6 Å². The summed E-state index contributed by atoms with van der Waals surface area (Å²) in [5.74, 6) is 0.783. The Labute approximate surface area is 82.5 Å². The van der Waals surface area contributed by atoms with Crippen LogP contribution in [0.3, 0.4) is 0 Å². The summed E-state index contributed by atoms with van der Waals surface area (Å²) in [4.78, 5) is 10.5. The highest BCUT2D eigenvalue weighted by molar-refractivity contribution is 7.96. The lowest BCUT2D eigenvalue weighted by molar-refractivity contribution is 0.260. The molecule has 0 heterocycles. The van der Waals surface area contributed by atoms with Crippen molar-refractivity contribution in [2.75, 3.05) is 7.11 Å². The molecule has 1 rings (SSSR count). The number of methoxy groups -OCH3 is 1. The molecule has 0 saturated carbocycles. The molecule has 1 N–H and O–H groups in total. The quantitative estimate of drug-likeness (QED) is 0.725. The van der Waals surface area contributed by atoms with Crippen LogP contribution in [0.15, 0.2) is 24.3 Å². The summed E-state index contributed by atoms with van der Waals surface area (Å²) in [6.45, 7) is 0.472. The number of carbonyl (C=O) groups excluding carboxylic acids is 1. The van der Waals surface area contributed by atoms with E-state index >= 15 is 0 Å². The predicted molar refractivity (Wildman–Crippen MR) is 54.2 cm³/mol. The number of benzene rings is 1. The first-order chi connectivity index (χ1) is 6.22. The molecule has 0 radical (unpaired) electrons. The van der Waals surface area contributed by atoms with E-state index in [1.54, 1.807) is 7.11 Å². The van der Waals surface area contributed by atoms with Crippen LogP contribution in [0.4, 0.5) is 4.79 Å². The van der Waals surface area contributed by atoms with E-state index < -0.39 is 0 Å². The van der Waals surface area contributed by atoms with Gasteiger partial charge in [0, 0.05) is 6.54 Å². The van der Waals surface area contributed by atoms with E-state index in [1.165, 1.54) is 0 Å². The van der Waals surface area contributed by atoms with Crippen LogP contribution in [0, 0.1) is 0 Å². The average molecular weight is 197 g/mol. The fraction of sp³-hybridized carbons (Fsp3) is 0.222. The van der Waals surface area contributed by atoms with E-state index in [0.717, 1.165) is 11.3 Å². The fourth-order valence-corrected chi connectivity index (χ4v) is 1.04. The lowest BCUT2D eigenvalue weighted by Crippen LogP contribution is -2.15. The number of hydrogen-bond donors (Lipinski definition) is 2. The van der Waals surface area contributed by atoms with E-state index in [9.17, 15) is 4.79 Å². The standard InChI is InChI=1S/C9H11NO2S/c1-12-8-4-2-3-7(5-8)6-10-9(11)13/h2-5H,6H2,1H3,(H2,10,11,13). The normalized spacial score (nSPS) is 9.38. The molecule has 0 aliphatic carbocycles. The highest BCUT2D eigenvalue weighted by Gasteiger charge is 1.96. The lowest BCUT2D eigenvalue weighted by Gasteiger charge is -2.04. The molecule has 3 nitrogen and oxygen atoms in total. The molecule has 0 aromatic heterocycles. The van der Waals surface area contributed by atoms with Gasteiger partial charge in [-0.05, 0) is 17.7 Å². The molecule has 1 aromatic carbocycles. The molecular weight excluding hydrogens is 186 g/mol. The minimum atomic E-state index is -0.331. The molecule has 0 fully saturated rings. The van der Waals surface area contributed by atoms with Gasteiger partial charge in [0.1, 0.15) is 5.75 Å². The first-order valence-electron chi connectivity index (χ1n) is 3.82. The van der Waals surface area contributed by atoms with E-state index in [1.807, 2.05) is 24.3 Å². The zero-order chi connectivity index (χ0) is 9.68. The number of hydrogen-bond acceptors (Lipinski definition) is 2. The summed E-state index contributed by atoms with van der Waals surface area (Å²) in [5, 5.41) is 2.25. The van der Waals surface area contributed by atoms with Crippen LogP contribution in [-0.4, -0.2) is 12.3 Å². The maximum Gasteiger partial charge on any atom is 0.276 e. The van der Waals surface area contributed by atoms with Gasteiger partial charge in [0.25, 0.3) is 5.24 Å². The highest BCUT2D eigenvalue weighted by atomic mass is 32.1. The molecule has 0 atom stereocenters. The Hall–Kier alpha value is -1.16. The van der Waals surface area contributed by atoms with E-state index in [-0.39, 0.29) is 5.24 Å². The number of ether oxygens (including phenoxy) is 1.